The summed E-state index contributed by atoms with van der Waals surface area (Å²) in [5, 5.41) is 0. The third kappa shape index (κ3) is 3.47. The molecule has 23 heavy (non-hydrogen) atoms. The van der Waals surface area contributed by atoms with E-state index in [-0.39, 0.29) is 16.6 Å². The summed E-state index contributed by atoms with van der Waals surface area (Å²) in [5.41, 5.74) is 10.5. The summed E-state index contributed by atoms with van der Waals surface area (Å²) in [6.45, 7) is 13.0. The number of nitrogens with two attached hydrogens (primary N) is 1. The molecule has 0 aromatic heterocycles. The van der Waals surface area contributed by atoms with Crippen LogP contribution in [0.15, 0.2) is 42.5 Å². The van der Waals surface area contributed by atoms with Crippen molar-refractivity contribution in [2.45, 2.75) is 52.4 Å². The maximum absolute atomic E-state index is 12.8. The molecular formula is C21H27NO. The van der Waals surface area contributed by atoms with E-state index in [0.717, 1.165) is 5.56 Å². The molecule has 2 N–H and O–H groups in total. The largest absolute Gasteiger partial charge is 0.398 e. The molecule has 0 fully saturated rings. The van der Waals surface area contributed by atoms with Gasteiger partial charge in [0, 0.05) is 16.8 Å². The first-order chi connectivity index (χ1) is 10.5. The van der Waals surface area contributed by atoms with Gasteiger partial charge in [0.05, 0.1) is 0 Å². The Balaban J connectivity index is 2.68. The number of ketones is 1. The molecule has 0 aliphatic carbocycles. The van der Waals surface area contributed by atoms with Gasteiger partial charge in [-0.3, -0.25) is 4.79 Å². The van der Waals surface area contributed by atoms with Gasteiger partial charge in [-0.15, -0.1) is 0 Å². The van der Waals surface area contributed by atoms with E-state index >= 15 is 0 Å². The zero-order chi connectivity index (χ0) is 17.4. The molecular weight excluding hydrogens is 282 g/mol. The quantitative estimate of drug-likeness (QED) is 0.620. The van der Waals surface area contributed by atoms with Crippen molar-refractivity contribution in [2.75, 3.05) is 5.73 Å². The fraction of sp³-hybridized carbons (Fsp3) is 0.381. The standard InChI is InChI=1S/C21H27NO/c1-20(2,3)16-13-12-15(18(22)17(16)21(4,5)6)19(23)14-10-8-7-9-11-14/h7-13H,22H2,1-6H3. The van der Waals surface area contributed by atoms with Crippen LogP contribution in [0.4, 0.5) is 5.69 Å². The van der Waals surface area contributed by atoms with Gasteiger partial charge in [-0.1, -0.05) is 77.9 Å². The normalized spacial score (nSPS) is 12.3. The minimum absolute atomic E-state index is 0.0194. The monoisotopic (exact) mass is 309 g/mol. The third-order valence-corrected chi connectivity index (χ3v) is 4.08. The van der Waals surface area contributed by atoms with Crippen LogP contribution < -0.4 is 5.73 Å². The first-order valence-corrected chi connectivity index (χ1v) is 8.06. The van der Waals surface area contributed by atoms with Crippen molar-refractivity contribution in [1.82, 2.24) is 0 Å². The molecule has 0 amide bonds. The lowest BCUT2D eigenvalue weighted by atomic mass is 9.73. The number of rotatable bonds is 2. The van der Waals surface area contributed by atoms with Gasteiger partial charge >= 0.3 is 0 Å². The van der Waals surface area contributed by atoms with Crippen LogP contribution in [0.1, 0.15) is 68.6 Å². The summed E-state index contributed by atoms with van der Waals surface area (Å²) in [7, 11) is 0. The molecule has 0 bridgehead atoms. The van der Waals surface area contributed by atoms with E-state index in [9.17, 15) is 4.79 Å². The van der Waals surface area contributed by atoms with Crippen molar-refractivity contribution < 1.29 is 4.79 Å². The van der Waals surface area contributed by atoms with E-state index in [1.807, 2.05) is 36.4 Å². The van der Waals surface area contributed by atoms with Gasteiger partial charge in [-0.2, -0.15) is 0 Å². The Kier molecular flexibility index (Phi) is 4.39. The van der Waals surface area contributed by atoms with Crippen LogP contribution in [0.5, 0.6) is 0 Å². The molecule has 0 saturated heterocycles. The van der Waals surface area contributed by atoms with Gasteiger partial charge in [0.2, 0.25) is 0 Å². The van der Waals surface area contributed by atoms with Gasteiger partial charge in [0.25, 0.3) is 0 Å². The summed E-state index contributed by atoms with van der Waals surface area (Å²) in [5.74, 6) is -0.0194. The molecule has 2 aromatic carbocycles. The Hall–Kier alpha value is -2.09. The summed E-state index contributed by atoms with van der Waals surface area (Å²) in [6, 6.07) is 13.2. The Morgan fingerprint density at radius 3 is 1.87 bits per heavy atom. The fourth-order valence-corrected chi connectivity index (χ4v) is 3.00. The Morgan fingerprint density at radius 2 is 1.39 bits per heavy atom. The molecule has 0 saturated carbocycles. The maximum Gasteiger partial charge on any atom is 0.195 e. The highest BCUT2D eigenvalue weighted by molar-refractivity contribution is 6.12. The Morgan fingerprint density at radius 1 is 0.826 bits per heavy atom. The predicted octanol–water partition coefficient (Wildman–Crippen LogP) is 5.09. The van der Waals surface area contributed by atoms with Crippen molar-refractivity contribution in [3.63, 3.8) is 0 Å². The second-order valence-electron chi connectivity index (χ2n) is 8.14. The maximum atomic E-state index is 12.8. The molecule has 0 atom stereocenters. The molecule has 0 unspecified atom stereocenters. The smallest absolute Gasteiger partial charge is 0.195 e. The lowest BCUT2D eigenvalue weighted by Crippen LogP contribution is -2.25. The Bertz CT molecular complexity index is 716. The van der Waals surface area contributed by atoms with Gasteiger partial charge in [0.1, 0.15) is 0 Å². The summed E-state index contributed by atoms with van der Waals surface area (Å²) >= 11 is 0. The van der Waals surface area contributed by atoms with Crippen molar-refractivity contribution in [3.05, 3.63) is 64.7 Å². The topological polar surface area (TPSA) is 43.1 Å². The molecule has 0 spiro atoms. The van der Waals surface area contributed by atoms with E-state index in [1.54, 1.807) is 0 Å². The van der Waals surface area contributed by atoms with Crippen LogP contribution in [-0.2, 0) is 10.8 Å². The van der Waals surface area contributed by atoms with E-state index in [2.05, 4.69) is 47.6 Å². The zero-order valence-corrected chi connectivity index (χ0v) is 15.0. The number of nitrogen functional groups attached to an aromatic ring is 1. The average molecular weight is 309 g/mol. The van der Waals surface area contributed by atoms with Crippen LogP contribution in [-0.4, -0.2) is 5.78 Å². The van der Waals surface area contributed by atoms with Gasteiger partial charge in [-0.25, -0.2) is 0 Å². The fourth-order valence-electron chi connectivity index (χ4n) is 3.00. The van der Waals surface area contributed by atoms with Crippen LogP contribution in [0.3, 0.4) is 0 Å². The van der Waals surface area contributed by atoms with E-state index in [1.165, 1.54) is 5.56 Å². The van der Waals surface area contributed by atoms with Gasteiger partial charge < -0.3 is 5.73 Å². The first-order valence-electron chi connectivity index (χ1n) is 8.06. The van der Waals surface area contributed by atoms with Gasteiger partial charge in [0.15, 0.2) is 5.78 Å². The second-order valence-corrected chi connectivity index (χ2v) is 8.14. The van der Waals surface area contributed by atoms with Crippen molar-refractivity contribution in [3.8, 4) is 0 Å². The highest BCUT2D eigenvalue weighted by atomic mass is 16.1. The number of carbonyl (C=O) groups excluding carboxylic acids is 1. The molecule has 0 radical (unpaired) electrons. The third-order valence-electron chi connectivity index (χ3n) is 4.08. The summed E-state index contributed by atoms with van der Waals surface area (Å²) < 4.78 is 0. The SMILES string of the molecule is CC(C)(C)c1ccc(C(=O)c2ccccc2)c(N)c1C(C)(C)C. The van der Waals surface area contributed by atoms with E-state index in [0.29, 0.717) is 16.8 Å². The number of benzene rings is 2. The van der Waals surface area contributed by atoms with Crippen molar-refractivity contribution >= 4 is 11.5 Å². The zero-order valence-electron chi connectivity index (χ0n) is 15.0. The van der Waals surface area contributed by atoms with Crippen LogP contribution >= 0.6 is 0 Å². The van der Waals surface area contributed by atoms with Crippen molar-refractivity contribution in [1.29, 1.82) is 0 Å². The summed E-state index contributed by atoms with van der Waals surface area (Å²) in [6.07, 6.45) is 0. The molecule has 2 heteroatoms. The van der Waals surface area contributed by atoms with E-state index in [4.69, 9.17) is 5.73 Å². The number of carbonyl (C=O) groups is 1. The molecule has 2 aromatic rings. The predicted molar refractivity (Wildman–Crippen MR) is 98.1 cm³/mol. The molecule has 122 valence electrons. The van der Waals surface area contributed by atoms with Crippen LogP contribution in [0, 0.1) is 0 Å². The van der Waals surface area contributed by atoms with Crippen LogP contribution in [0.25, 0.3) is 0 Å². The minimum Gasteiger partial charge on any atom is -0.398 e. The molecule has 2 nitrogen and oxygen atoms in total. The molecule has 0 aliphatic rings. The second kappa shape index (κ2) is 5.84. The van der Waals surface area contributed by atoms with Crippen LogP contribution in [0.2, 0.25) is 0 Å². The van der Waals surface area contributed by atoms with E-state index < -0.39 is 0 Å². The molecule has 2 rings (SSSR count). The first kappa shape index (κ1) is 17.3. The average Bonchev–Trinajstić information content (AvgIpc) is 2.45. The lowest BCUT2D eigenvalue weighted by molar-refractivity contribution is 0.103. The molecule has 0 heterocycles. The van der Waals surface area contributed by atoms with Gasteiger partial charge in [-0.05, 0) is 28.0 Å². The highest BCUT2D eigenvalue weighted by Gasteiger charge is 2.29. The number of anilines is 1. The summed E-state index contributed by atoms with van der Waals surface area (Å²) in [4.78, 5) is 12.8. The lowest BCUT2D eigenvalue weighted by Gasteiger charge is -2.32. The minimum atomic E-state index is -0.125. The molecule has 0 aliphatic heterocycles. The number of hydrogen-bond donors (Lipinski definition) is 1. The highest BCUT2D eigenvalue weighted by Crippen LogP contribution is 2.39. The van der Waals surface area contributed by atoms with Crippen molar-refractivity contribution in [2.24, 2.45) is 0 Å². The Labute approximate surface area is 139 Å². The number of hydrogen-bond acceptors (Lipinski definition) is 2.